The van der Waals surface area contributed by atoms with Crippen molar-refractivity contribution in [3.63, 3.8) is 0 Å². The highest BCUT2D eigenvalue weighted by atomic mass is 16.2. The van der Waals surface area contributed by atoms with Crippen LogP contribution < -0.4 is 5.32 Å². The molecule has 3 fully saturated rings. The summed E-state index contributed by atoms with van der Waals surface area (Å²) in [6.07, 6.45) is 6.75. The molecule has 0 spiro atoms. The van der Waals surface area contributed by atoms with Crippen LogP contribution in [0, 0.1) is 19.8 Å². The third kappa shape index (κ3) is 3.60. The molecule has 2 heterocycles. The molecule has 1 saturated heterocycles. The second kappa shape index (κ2) is 6.97. The van der Waals surface area contributed by atoms with Crippen LogP contribution in [0.1, 0.15) is 67.2 Å². The third-order valence-corrected chi connectivity index (χ3v) is 6.04. The first-order valence-corrected chi connectivity index (χ1v) is 9.93. The van der Waals surface area contributed by atoms with Gasteiger partial charge in [-0.1, -0.05) is 6.42 Å². The van der Waals surface area contributed by atoms with Crippen LogP contribution in [0.5, 0.6) is 0 Å². The van der Waals surface area contributed by atoms with E-state index in [0.717, 1.165) is 68.0 Å². The molecule has 2 aliphatic carbocycles. The molecular weight excluding hydrogens is 328 g/mol. The number of hydrogen-bond acceptors (Lipinski definition) is 4. The van der Waals surface area contributed by atoms with Crippen LogP contribution in [0.15, 0.2) is 0 Å². The van der Waals surface area contributed by atoms with Gasteiger partial charge in [-0.3, -0.25) is 9.59 Å². The Kier molecular flexibility index (Phi) is 4.67. The maximum Gasteiger partial charge on any atom is 0.225 e. The standard InChI is InChI=1S/C20H28N4O2/c1-12-17(10-18(25)23-16-6-7-16)13(2)22-19(21-12)15-8-9-24(11-15)20(26)14-4-3-5-14/h14-16H,3-11H2,1-2H3,(H,23,25)/t15-/m1/s1. The predicted octanol–water partition coefficient (Wildman–Crippen LogP) is 2.03. The van der Waals surface area contributed by atoms with Crippen molar-refractivity contribution in [3.05, 3.63) is 22.8 Å². The highest BCUT2D eigenvalue weighted by molar-refractivity contribution is 5.80. The summed E-state index contributed by atoms with van der Waals surface area (Å²) >= 11 is 0. The molecule has 2 saturated carbocycles. The number of nitrogens with one attached hydrogen (secondary N) is 1. The lowest BCUT2D eigenvalue weighted by Gasteiger charge is -2.29. The van der Waals surface area contributed by atoms with Gasteiger partial charge < -0.3 is 10.2 Å². The van der Waals surface area contributed by atoms with Crippen LogP contribution >= 0.6 is 0 Å². The van der Waals surface area contributed by atoms with Crippen LogP contribution in [0.2, 0.25) is 0 Å². The molecule has 6 heteroatoms. The number of amides is 2. The van der Waals surface area contributed by atoms with Crippen LogP contribution in [0.3, 0.4) is 0 Å². The summed E-state index contributed by atoms with van der Waals surface area (Å²) in [6, 6.07) is 0.376. The maximum atomic E-state index is 12.4. The van der Waals surface area contributed by atoms with Gasteiger partial charge in [-0.2, -0.15) is 0 Å². The first-order valence-electron chi connectivity index (χ1n) is 9.93. The minimum atomic E-state index is 0.0631. The number of hydrogen-bond donors (Lipinski definition) is 1. The Morgan fingerprint density at radius 3 is 2.35 bits per heavy atom. The van der Waals surface area contributed by atoms with Gasteiger partial charge in [-0.05, 0) is 46.0 Å². The number of carbonyl (C=O) groups is 2. The molecule has 3 aliphatic rings. The van der Waals surface area contributed by atoms with Crippen LogP contribution in [-0.2, 0) is 16.0 Å². The van der Waals surface area contributed by atoms with Crippen molar-refractivity contribution in [3.8, 4) is 0 Å². The molecule has 0 unspecified atom stereocenters. The van der Waals surface area contributed by atoms with Gasteiger partial charge in [0.05, 0.1) is 6.42 Å². The van der Waals surface area contributed by atoms with Gasteiger partial charge in [0.15, 0.2) is 0 Å². The molecule has 140 valence electrons. The van der Waals surface area contributed by atoms with Crippen molar-refractivity contribution in [2.45, 2.75) is 70.8 Å². The summed E-state index contributed by atoms with van der Waals surface area (Å²) in [5.41, 5.74) is 2.72. The monoisotopic (exact) mass is 356 g/mol. The molecule has 2 amide bonds. The summed E-state index contributed by atoms with van der Waals surface area (Å²) in [6.45, 7) is 5.47. The van der Waals surface area contributed by atoms with Gasteiger partial charge in [-0.15, -0.1) is 0 Å². The number of rotatable bonds is 5. The molecule has 26 heavy (non-hydrogen) atoms. The fourth-order valence-electron chi connectivity index (χ4n) is 3.96. The lowest BCUT2D eigenvalue weighted by atomic mass is 9.84. The van der Waals surface area contributed by atoms with E-state index >= 15 is 0 Å². The summed E-state index contributed by atoms with van der Waals surface area (Å²) in [5.74, 6) is 1.68. The van der Waals surface area contributed by atoms with Crippen molar-refractivity contribution in [1.29, 1.82) is 0 Å². The van der Waals surface area contributed by atoms with E-state index in [0.29, 0.717) is 18.4 Å². The Morgan fingerprint density at radius 2 is 1.77 bits per heavy atom. The minimum Gasteiger partial charge on any atom is -0.353 e. The van der Waals surface area contributed by atoms with Crippen LogP contribution in [0.4, 0.5) is 0 Å². The van der Waals surface area contributed by atoms with Gasteiger partial charge in [-0.25, -0.2) is 9.97 Å². The zero-order valence-electron chi connectivity index (χ0n) is 15.8. The van der Waals surface area contributed by atoms with Crippen LogP contribution in [-0.4, -0.2) is 45.8 Å². The number of aromatic nitrogens is 2. The van der Waals surface area contributed by atoms with Gasteiger partial charge in [0, 0.05) is 47.9 Å². The van der Waals surface area contributed by atoms with E-state index < -0.39 is 0 Å². The number of aryl methyl sites for hydroxylation is 2. The van der Waals surface area contributed by atoms with E-state index in [1.165, 1.54) is 6.42 Å². The van der Waals surface area contributed by atoms with Crippen molar-refractivity contribution >= 4 is 11.8 Å². The predicted molar refractivity (Wildman–Crippen MR) is 97.7 cm³/mol. The Morgan fingerprint density at radius 1 is 1.08 bits per heavy atom. The third-order valence-electron chi connectivity index (χ3n) is 6.04. The van der Waals surface area contributed by atoms with E-state index in [1.807, 2.05) is 18.7 Å². The molecule has 4 rings (SSSR count). The Hall–Kier alpha value is -1.98. The number of carbonyl (C=O) groups excluding carboxylic acids is 2. The van der Waals surface area contributed by atoms with E-state index in [9.17, 15) is 9.59 Å². The highest BCUT2D eigenvalue weighted by Gasteiger charge is 2.35. The topological polar surface area (TPSA) is 75.2 Å². The molecule has 1 atom stereocenters. The Labute approximate surface area is 154 Å². The van der Waals surface area contributed by atoms with E-state index in [-0.39, 0.29) is 17.7 Å². The summed E-state index contributed by atoms with van der Waals surface area (Å²) < 4.78 is 0. The largest absolute Gasteiger partial charge is 0.353 e. The van der Waals surface area contributed by atoms with E-state index in [1.54, 1.807) is 0 Å². The number of nitrogens with zero attached hydrogens (tertiary/aromatic N) is 3. The molecule has 0 bridgehead atoms. The second-order valence-corrected chi connectivity index (χ2v) is 8.15. The fourth-order valence-corrected chi connectivity index (χ4v) is 3.96. The summed E-state index contributed by atoms with van der Waals surface area (Å²) in [7, 11) is 0. The van der Waals surface area contributed by atoms with Crippen molar-refractivity contribution in [2.75, 3.05) is 13.1 Å². The lowest BCUT2D eigenvalue weighted by molar-refractivity contribution is -0.137. The van der Waals surface area contributed by atoms with Crippen molar-refractivity contribution < 1.29 is 9.59 Å². The molecule has 0 radical (unpaired) electrons. The van der Waals surface area contributed by atoms with Gasteiger partial charge in [0.1, 0.15) is 5.82 Å². The molecular formula is C20H28N4O2. The first kappa shape index (κ1) is 17.4. The molecule has 0 aromatic carbocycles. The zero-order chi connectivity index (χ0) is 18.3. The Balaban J connectivity index is 1.42. The van der Waals surface area contributed by atoms with E-state index in [2.05, 4.69) is 5.32 Å². The maximum absolute atomic E-state index is 12.4. The summed E-state index contributed by atoms with van der Waals surface area (Å²) in [4.78, 5) is 36.0. The van der Waals surface area contributed by atoms with Crippen molar-refractivity contribution in [1.82, 2.24) is 20.2 Å². The zero-order valence-corrected chi connectivity index (χ0v) is 15.8. The Bertz CT molecular complexity index is 702. The molecule has 1 N–H and O–H groups in total. The smallest absolute Gasteiger partial charge is 0.225 e. The second-order valence-electron chi connectivity index (χ2n) is 8.15. The molecule has 1 aromatic heterocycles. The normalized spacial score (nSPS) is 23.0. The SMILES string of the molecule is Cc1nc([C@@H]2CCN(C(=O)C3CCC3)C2)nc(C)c1CC(=O)NC1CC1. The summed E-state index contributed by atoms with van der Waals surface area (Å²) in [5, 5.41) is 3.03. The highest BCUT2D eigenvalue weighted by Crippen LogP contribution is 2.32. The minimum absolute atomic E-state index is 0.0631. The molecule has 1 aromatic rings. The molecule has 6 nitrogen and oxygen atoms in total. The quantitative estimate of drug-likeness (QED) is 0.876. The van der Waals surface area contributed by atoms with Crippen LogP contribution in [0.25, 0.3) is 0 Å². The van der Waals surface area contributed by atoms with Gasteiger partial charge >= 0.3 is 0 Å². The van der Waals surface area contributed by atoms with Gasteiger partial charge in [0.2, 0.25) is 11.8 Å². The van der Waals surface area contributed by atoms with E-state index in [4.69, 9.17) is 9.97 Å². The average Bonchev–Trinajstić information content (AvgIpc) is 3.21. The fraction of sp³-hybridized carbons (Fsp3) is 0.700. The number of likely N-dealkylation sites (tertiary alicyclic amines) is 1. The van der Waals surface area contributed by atoms with Crippen molar-refractivity contribution in [2.24, 2.45) is 5.92 Å². The lowest BCUT2D eigenvalue weighted by Crippen LogP contribution is -2.37. The average molecular weight is 356 g/mol. The van der Waals surface area contributed by atoms with Gasteiger partial charge in [0.25, 0.3) is 0 Å². The molecule has 1 aliphatic heterocycles. The first-order chi connectivity index (χ1) is 12.5.